The Balaban J connectivity index is 1.73. The highest BCUT2D eigenvalue weighted by Crippen LogP contribution is 2.26. The Kier molecular flexibility index (Phi) is 4.25. The first kappa shape index (κ1) is 15.2. The van der Waals surface area contributed by atoms with Crippen molar-refractivity contribution in [2.45, 2.75) is 31.7 Å². The average molecular weight is 323 g/mol. The molecule has 22 heavy (non-hydrogen) atoms. The number of aromatic hydroxyl groups is 1. The van der Waals surface area contributed by atoms with E-state index in [2.05, 4.69) is 0 Å². The number of nitrogens with zero attached hydrogens (tertiary/aromatic N) is 2. The molecule has 118 valence electrons. The Morgan fingerprint density at radius 3 is 2.77 bits per heavy atom. The van der Waals surface area contributed by atoms with E-state index in [0.29, 0.717) is 24.5 Å². The summed E-state index contributed by atoms with van der Waals surface area (Å²) in [6.07, 6.45) is 3.32. The van der Waals surface area contributed by atoms with Gasteiger partial charge in [0.2, 0.25) is 5.91 Å². The predicted octanol–water partition coefficient (Wildman–Crippen LogP) is 2.27. The predicted molar refractivity (Wildman–Crippen MR) is 83.0 cm³/mol. The second-order valence-corrected chi connectivity index (χ2v) is 6.34. The molecule has 0 spiro atoms. The lowest BCUT2D eigenvalue weighted by Crippen LogP contribution is -2.50. The third-order valence-electron chi connectivity index (χ3n) is 4.42. The summed E-state index contributed by atoms with van der Waals surface area (Å²) < 4.78 is 0. The molecule has 2 saturated heterocycles. The van der Waals surface area contributed by atoms with Gasteiger partial charge in [0.25, 0.3) is 5.91 Å². The molecule has 0 radical (unpaired) electrons. The topological polar surface area (TPSA) is 60.9 Å². The van der Waals surface area contributed by atoms with Crippen LogP contribution in [-0.4, -0.2) is 52.4 Å². The number of amides is 2. The molecule has 0 aromatic heterocycles. The molecular formula is C16H19ClN2O3. The molecule has 2 heterocycles. The largest absolute Gasteiger partial charge is 0.507 e. The molecule has 1 N–H and O–H groups in total. The Labute approximate surface area is 134 Å². The summed E-state index contributed by atoms with van der Waals surface area (Å²) in [5.74, 6) is -0.115. The lowest BCUT2D eigenvalue weighted by molar-refractivity contribution is -0.130. The summed E-state index contributed by atoms with van der Waals surface area (Å²) >= 11 is 5.80. The quantitative estimate of drug-likeness (QED) is 0.908. The number of phenolic OH excluding ortho intramolecular Hbond substituents is 1. The monoisotopic (exact) mass is 322 g/mol. The molecule has 0 saturated carbocycles. The van der Waals surface area contributed by atoms with E-state index < -0.39 is 0 Å². The Morgan fingerprint density at radius 2 is 2.09 bits per heavy atom. The van der Waals surface area contributed by atoms with Crippen molar-refractivity contribution in [3.63, 3.8) is 0 Å². The van der Waals surface area contributed by atoms with Gasteiger partial charge in [0.05, 0.1) is 5.56 Å². The Bertz CT molecular complexity index is 605. The molecule has 1 aromatic carbocycles. The summed E-state index contributed by atoms with van der Waals surface area (Å²) in [7, 11) is 0. The fourth-order valence-corrected chi connectivity index (χ4v) is 3.47. The van der Waals surface area contributed by atoms with Crippen molar-refractivity contribution in [2.75, 3.05) is 19.6 Å². The number of piperidine rings is 1. The van der Waals surface area contributed by atoms with Crippen molar-refractivity contribution in [3.8, 4) is 5.75 Å². The van der Waals surface area contributed by atoms with Crippen LogP contribution in [0.2, 0.25) is 5.02 Å². The fourth-order valence-electron chi connectivity index (χ4n) is 3.30. The maximum atomic E-state index is 12.6. The zero-order valence-electron chi connectivity index (χ0n) is 12.3. The highest BCUT2D eigenvalue weighted by atomic mass is 35.5. The van der Waals surface area contributed by atoms with Crippen molar-refractivity contribution in [1.29, 1.82) is 0 Å². The SMILES string of the molecule is O=C(c1ccc(Cl)cc1O)N1CCC[C@H](N2CCCC2=O)C1. The zero-order valence-corrected chi connectivity index (χ0v) is 13.1. The number of likely N-dealkylation sites (tertiary alicyclic amines) is 2. The van der Waals surface area contributed by atoms with E-state index in [1.807, 2.05) is 4.90 Å². The standard InChI is InChI=1S/C16H19ClN2O3/c17-11-5-6-13(14(20)9-11)16(22)18-7-1-3-12(10-18)19-8-2-4-15(19)21/h5-6,9,12,20H,1-4,7-8,10H2/t12-/m0/s1. The van der Waals surface area contributed by atoms with E-state index in [0.717, 1.165) is 25.8 Å². The van der Waals surface area contributed by atoms with Gasteiger partial charge >= 0.3 is 0 Å². The van der Waals surface area contributed by atoms with Crippen LogP contribution in [-0.2, 0) is 4.79 Å². The number of hydrogen-bond acceptors (Lipinski definition) is 3. The van der Waals surface area contributed by atoms with E-state index in [4.69, 9.17) is 11.6 Å². The maximum absolute atomic E-state index is 12.6. The van der Waals surface area contributed by atoms with Crippen LogP contribution in [0.1, 0.15) is 36.0 Å². The van der Waals surface area contributed by atoms with E-state index in [1.54, 1.807) is 17.0 Å². The van der Waals surface area contributed by atoms with Crippen molar-refractivity contribution >= 4 is 23.4 Å². The van der Waals surface area contributed by atoms with Gasteiger partial charge in [0.1, 0.15) is 5.75 Å². The van der Waals surface area contributed by atoms with Gasteiger partial charge in [-0.05, 0) is 37.5 Å². The molecule has 0 bridgehead atoms. The smallest absolute Gasteiger partial charge is 0.257 e. The third kappa shape index (κ3) is 2.90. The van der Waals surface area contributed by atoms with Crippen LogP contribution >= 0.6 is 11.6 Å². The third-order valence-corrected chi connectivity index (χ3v) is 4.66. The first-order valence-corrected chi connectivity index (χ1v) is 8.01. The summed E-state index contributed by atoms with van der Waals surface area (Å²) in [5.41, 5.74) is 0.262. The van der Waals surface area contributed by atoms with Gasteiger partial charge in [-0.3, -0.25) is 9.59 Å². The minimum Gasteiger partial charge on any atom is -0.507 e. The lowest BCUT2D eigenvalue weighted by atomic mass is 10.0. The number of halogens is 1. The van der Waals surface area contributed by atoms with Crippen molar-refractivity contribution in [2.24, 2.45) is 0 Å². The molecule has 6 heteroatoms. The molecule has 0 unspecified atom stereocenters. The summed E-state index contributed by atoms with van der Waals surface area (Å²) in [6.45, 7) is 1.98. The molecular weight excluding hydrogens is 304 g/mol. The zero-order chi connectivity index (χ0) is 15.7. The van der Waals surface area contributed by atoms with E-state index in [-0.39, 0.29) is 29.2 Å². The molecule has 2 fully saturated rings. The first-order chi connectivity index (χ1) is 10.6. The van der Waals surface area contributed by atoms with Gasteiger partial charge in [-0.15, -0.1) is 0 Å². The highest BCUT2D eigenvalue weighted by Gasteiger charge is 2.33. The number of carbonyl (C=O) groups is 2. The second-order valence-electron chi connectivity index (χ2n) is 5.90. The summed E-state index contributed by atoms with van der Waals surface area (Å²) in [4.78, 5) is 28.1. The normalized spacial score (nSPS) is 22.2. The van der Waals surface area contributed by atoms with Gasteiger partial charge in [0.15, 0.2) is 0 Å². The number of hydrogen-bond donors (Lipinski definition) is 1. The fraction of sp³-hybridized carbons (Fsp3) is 0.500. The van der Waals surface area contributed by atoms with Crippen LogP contribution < -0.4 is 0 Å². The number of benzene rings is 1. The van der Waals surface area contributed by atoms with Crippen LogP contribution in [0.4, 0.5) is 0 Å². The van der Waals surface area contributed by atoms with Gasteiger partial charge < -0.3 is 14.9 Å². The van der Waals surface area contributed by atoms with Gasteiger partial charge in [0, 0.05) is 37.1 Å². The lowest BCUT2D eigenvalue weighted by Gasteiger charge is -2.37. The molecule has 1 atom stereocenters. The van der Waals surface area contributed by atoms with Crippen LogP contribution in [0.3, 0.4) is 0 Å². The minimum atomic E-state index is -0.203. The number of carbonyl (C=O) groups excluding carboxylic acids is 2. The van der Waals surface area contributed by atoms with Gasteiger partial charge in [-0.2, -0.15) is 0 Å². The molecule has 3 rings (SSSR count). The average Bonchev–Trinajstić information content (AvgIpc) is 2.93. The highest BCUT2D eigenvalue weighted by molar-refractivity contribution is 6.30. The van der Waals surface area contributed by atoms with Crippen LogP contribution in [0.15, 0.2) is 18.2 Å². The molecule has 5 nitrogen and oxygen atoms in total. The van der Waals surface area contributed by atoms with E-state index in [1.165, 1.54) is 6.07 Å². The van der Waals surface area contributed by atoms with Gasteiger partial charge in [-0.1, -0.05) is 11.6 Å². The summed E-state index contributed by atoms with van der Waals surface area (Å²) in [5, 5.41) is 10.3. The first-order valence-electron chi connectivity index (χ1n) is 7.63. The Hall–Kier alpha value is -1.75. The molecule has 2 aliphatic heterocycles. The van der Waals surface area contributed by atoms with Crippen LogP contribution in [0, 0.1) is 0 Å². The van der Waals surface area contributed by atoms with Crippen molar-refractivity contribution in [1.82, 2.24) is 9.80 Å². The van der Waals surface area contributed by atoms with Crippen molar-refractivity contribution in [3.05, 3.63) is 28.8 Å². The number of rotatable bonds is 2. The Morgan fingerprint density at radius 1 is 1.27 bits per heavy atom. The van der Waals surface area contributed by atoms with Gasteiger partial charge in [-0.25, -0.2) is 0 Å². The minimum absolute atomic E-state index is 0.0992. The summed E-state index contributed by atoms with van der Waals surface area (Å²) in [6, 6.07) is 4.62. The van der Waals surface area contributed by atoms with E-state index in [9.17, 15) is 14.7 Å². The maximum Gasteiger partial charge on any atom is 0.257 e. The second kappa shape index (κ2) is 6.16. The number of phenols is 1. The molecule has 1 aromatic rings. The van der Waals surface area contributed by atoms with Crippen LogP contribution in [0.25, 0.3) is 0 Å². The molecule has 2 amide bonds. The molecule has 2 aliphatic rings. The molecule has 0 aliphatic carbocycles. The van der Waals surface area contributed by atoms with E-state index >= 15 is 0 Å². The van der Waals surface area contributed by atoms with Crippen molar-refractivity contribution < 1.29 is 14.7 Å². The van der Waals surface area contributed by atoms with Crippen LogP contribution in [0.5, 0.6) is 5.75 Å².